The minimum absolute atomic E-state index is 0.0996. The van der Waals surface area contributed by atoms with Gasteiger partial charge in [0.1, 0.15) is 18.2 Å². The van der Waals surface area contributed by atoms with Crippen molar-refractivity contribution < 1.29 is 24.1 Å². The summed E-state index contributed by atoms with van der Waals surface area (Å²) in [6.07, 6.45) is 4.88. The molecule has 1 aromatic carbocycles. The maximum atomic E-state index is 13.4. The Hall–Kier alpha value is -1.62. The molecule has 1 fully saturated rings. The Balaban J connectivity index is 1.84. The van der Waals surface area contributed by atoms with Crippen LogP contribution in [-0.2, 0) is 0 Å². The average molecular weight is 282 g/mol. The zero-order chi connectivity index (χ0) is 14.5. The molecule has 1 unspecified atom stereocenters. The number of carboxylic acids is 1. The van der Waals surface area contributed by atoms with Gasteiger partial charge in [0.05, 0.1) is 11.7 Å². The largest absolute Gasteiger partial charge is 0.491 e. The van der Waals surface area contributed by atoms with Crippen molar-refractivity contribution in [1.82, 2.24) is 0 Å². The normalized spacial score (nSPS) is 17.1. The van der Waals surface area contributed by atoms with Gasteiger partial charge in [-0.05, 0) is 24.5 Å². The Morgan fingerprint density at radius 1 is 1.40 bits per heavy atom. The molecule has 0 radical (unpaired) electrons. The first kappa shape index (κ1) is 14.8. The number of hydrogen-bond donors (Lipinski definition) is 2. The number of rotatable bonds is 6. The third-order valence-electron chi connectivity index (χ3n) is 3.69. The van der Waals surface area contributed by atoms with Crippen LogP contribution in [0, 0.1) is 11.7 Å². The van der Waals surface area contributed by atoms with E-state index in [0.29, 0.717) is 12.3 Å². The van der Waals surface area contributed by atoms with Gasteiger partial charge in [-0.25, -0.2) is 9.18 Å². The summed E-state index contributed by atoms with van der Waals surface area (Å²) in [4.78, 5) is 10.7. The van der Waals surface area contributed by atoms with E-state index < -0.39 is 17.9 Å². The van der Waals surface area contributed by atoms with E-state index in [1.54, 1.807) is 0 Å². The van der Waals surface area contributed by atoms with E-state index in [4.69, 9.17) is 9.84 Å². The molecule has 110 valence electrons. The Labute approximate surface area is 117 Å². The zero-order valence-electron chi connectivity index (χ0n) is 11.2. The Morgan fingerprint density at radius 3 is 2.70 bits per heavy atom. The SMILES string of the molecule is O=C(O)c1ccc(OCC(O)CC2CCCC2)cc1F. The van der Waals surface area contributed by atoms with E-state index in [1.165, 1.54) is 18.9 Å². The quantitative estimate of drug-likeness (QED) is 0.842. The van der Waals surface area contributed by atoms with Crippen LogP contribution in [-0.4, -0.2) is 28.9 Å². The number of benzene rings is 1. The van der Waals surface area contributed by atoms with Gasteiger partial charge in [0, 0.05) is 6.07 Å². The average Bonchev–Trinajstić information content (AvgIpc) is 2.89. The lowest BCUT2D eigenvalue weighted by Crippen LogP contribution is -2.20. The van der Waals surface area contributed by atoms with E-state index in [2.05, 4.69) is 0 Å². The highest BCUT2D eigenvalue weighted by Gasteiger charge is 2.19. The first-order chi connectivity index (χ1) is 9.56. The molecule has 1 aliphatic carbocycles. The summed E-state index contributed by atoms with van der Waals surface area (Å²) in [5.41, 5.74) is -0.385. The van der Waals surface area contributed by atoms with Crippen LogP contribution >= 0.6 is 0 Å². The Kier molecular flexibility index (Phi) is 4.95. The van der Waals surface area contributed by atoms with Crippen molar-refractivity contribution in [3.05, 3.63) is 29.6 Å². The molecule has 0 aromatic heterocycles. The summed E-state index contributed by atoms with van der Waals surface area (Å²) in [5, 5.41) is 18.6. The topological polar surface area (TPSA) is 66.8 Å². The smallest absolute Gasteiger partial charge is 0.338 e. The number of ether oxygens (including phenoxy) is 1. The van der Waals surface area contributed by atoms with Crippen molar-refractivity contribution in [3.63, 3.8) is 0 Å². The van der Waals surface area contributed by atoms with Crippen LogP contribution in [0.3, 0.4) is 0 Å². The lowest BCUT2D eigenvalue weighted by Gasteiger charge is -2.16. The lowest BCUT2D eigenvalue weighted by molar-refractivity contribution is 0.0690. The van der Waals surface area contributed by atoms with Crippen LogP contribution in [0.2, 0.25) is 0 Å². The van der Waals surface area contributed by atoms with E-state index in [1.807, 2.05) is 0 Å². The van der Waals surface area contributed by atoms with Crippen LogP contribution in [0.25, 0.3) is 0 Å². The first-order valence-electron chi connectivity index (χ1n) is 6.90. The van der Waals surface area contributed by atoms with Crippen molar-refractivity contribution >= 4 is 5.97 Å². The number of hydrogen-bond acceptors (Lipinski definition) is 3. The van der Waals surface area contributed by atoms with E-state index in [0.717, 1.165) is 25.0 Å². The van der Waals surface area contributed by atoms with Crippen molar-refractivity contribution in [3.8, 4) is 5.75 Å². The lowest BCUT2D eigenvalue weighted by atomic mass is 10.0. The maximum absolute atomic E-state index is 13.4. The molecule has 0 aliphatic heterocycles. The third kappa shape index (κ3) is 3.93. The molecule has 0 heterocycles. The molecule has 4 nitrogen and oxygen atoms in total. The second kappa shape index (κ2) is 6.70. The summed E-state index contributed by atoms with van der Waals surface area (Å²) in [7, 11) is 0. The maximum Gasteiger partial charge on any atom is 0.338 e. The van der Waals surface area contributed by atoms with Gasteiger partial charge in [-0.3, -0.25) is 0 Å². The van der Waals surface area contributed by atoms with Gasteiger partial charge in [0.25, 0.3) is 0 Å². The first-order valence-corrected chi connectivity index (χ1v) is 6.90. The van der Waals surface area contributed by atoms with Crippen LogP contribution in [0.15, 0.2) is 18.2 Å². The number of halogens is 1. The van der Waals surface area contributed by atoms with Crippen LogP contribution < -0.4 is 4.74 Å². The summed E-state index contributed by atoms with van der Waals surface area (Å²) < 4.78 is 18.7. The summed E-state index contributed by atoms with van der Waals surface area (Å²) >= 11 is 0. The summed E-state index contributed by atoms with van der Waals surface area (Å²) in [5.74, 6) is -1.35. The predicted octanol–water partition coefficient (Wildman–Crippen LogP) is 2.84. The fourth-order valence-electron chi connectivity index (χ4n) is 2.65. The van der Waals surface area contributed by atoms with Gasteiger partial charge in [-0.1, -0.05) is 25.7 Å². The van der Waals surface area contributed by atoms with Gasteiger partial charge in [-0.15, -0.1) is 0 Å². The Bertz CT molecular complexity index is 469. The highest BCUT2D eigenvalue weighted by atomic mass is 19.1. The molecule has 5 heteroatoms. The second-order valence-electron chi connectivity index (χ2n) is 5.30. The van der Waals surface area contributed by atoms with Gasteiger partial charge in [-0.2, -0.15) is 0 Å². The van der Waals surface area contributed by atoms with E-state index in [-0.39, 0.29) is 17.9 Å². The molecule has 0 spiro atoms. The standard InChI is InChI=1S/C15H19FO4/c16-14-8-12(5-6-13(14)15(18)19)20-9-11(17)7-10-3-1-2-4-10/h5-6,8,10-11,17H,1-4,7,9H2,(H,18,19). The van der Waals surface area contributed by atoms with Crippen molar-refractivity contribution in [1.29, 1.82) is 0 Å². The molecular formula is C15H19FO4. The minimum Gasteiger partial charge on any atom is -0.491 e. The fourth-order valence-corrected chi connectivity index (χ4v) is 2.65. The fraction of sp³-hybridized carbons (Fsp3) is 0.533. The monoisotopic (exact) mass is 282 g/mol. The Morgan fingerprint density at radius 2 is 2.10 bits per heavy atom. The highest BCUT2D eigenvalue weighted by Crippen LogP contribution is 2.28. The summed E-state index contributed by atoms with van der Waals surface area (Å²) in [6.45, 7) is 0.0996. The van der Waals surface area contributed by atoms with Crippen LogP contribution in [0.5, 0.6) is 5.75 Å². The molecule has 2 rings (SSSR count). The number of aliphatic hydroxyl groups is 1. The third-order valence-corrected chi connectivity index (χ3v) is 3.69. The number of aliphatic hydroxyl groups excluding tert-OH is 1. The van der Waals surface area contributed by atoms with Crippen molar-refractivity contribution in [2.45, 2.75) is 38.2 Å². The second-order valence-corrected chi connectivity index (χ2v) is 5.30. The van der Waals surface area contributed by atoms with Crippen molar-refractivity contribution in [2.24, 2.45) is 5.92 Å². The van der Waals surface area contributed by atoms with E-state index in [9.17, 15) is 14.3 Å². The number of carbonyl (C=O) groups is 1. The highest BCUT2D eigenvalue weighted by molar-refractivity contribution is 5.88. The molecule has 1 atom stereocenters. The zero-order valence-corrected chi connectivity index (χ0v) is 11.2. The molecule has 0 amide bonds. The number of carboxylic acid groups (broad SMARTS) is 1. The van der Waals surface area contributed by atoms with Crippen LogP contribution in [0.4, 0.5) is 4.39 Å². The summed E-state index contributed by atoms with van der Waals surface area (Å²) in [6, 6.07) is 3.59. The predicted molar refractivity (Wildman–Crippen MR) is 71.4 cm³/mol. The minimum atomic E-state index is -1.31. The van der Waals surface area contributed by atoms with E-state index >= 15 is 0 Å². The van der Waals surface area contributed by atoms with Crippen molar-refractivity contribution in [2.75, 3.05) is 6.61 Å². The molecule has 20 heavy (non-hydrogen) atoms. The molecule has 1 saturated carbocycles. The van der Waals surface area contributed by atoms with Gasteiger partial charge < -0.3 is 14.9 Å². The molecule has 0 bridgehead atoms. The molecule has 2 N–H and O–H groups in total. The molecule has 1 aliphatic rings. The van der Waals surface area contributed by atoms with Crippen LogP contribution in [0.1, 0.15) is 42.5 Å². The molecule has 0 saturated heterocycles. The molecular weight excluding hydrogens is 263 g/mol. The number of aromatic carboxylic acids is 1. The van der Waals surface area contributed by atoms with Gasteiger partial charge in [0.15, 0.2) is 0 Å². The van der Waals surface area contributed by atoms with Gasteiger partial charge >= 0.3 is 5.97 Å². The van der Waals surface area contributed by atoms with Gasteiger partial charge in [0.2, 0.25) is 0 Å². The molecule has 1 aromatic rings.